The molecule has 3 aromatic rings. The van der Waals surface area contributed by atoms with Crippen LogP contribution in [0.25, 0.3) is 11.3 Å². The number of hydrogen-bond donors (Lipinski definition) is 2. The summed E-state index contributed by atoms with van der Waals surface area (Å²) in [5, 5.41) is 8.33. The van der Waals surface area contributed by atoms with Gasteiger partial charge >= 0.3 is 18.1 Å². The molecule has 1 aliphatic heterocycles. The lowest BCUT2D eigenvalue weighted by atomic mass is 9.79. The molecule has 0 atom stereocenters. The van der Waals surface area contributed by atoms with E-state index in [0.29, 0.717) is 39.0 Å². The van der Waals surface area contributed by atoms with Crippen LogP contribution in [0.3, 0.4) is 0 Å². The zero-order chi connectivity index (χ0) is 27.6. The number of nitrogens with one attached hydrogen (secondary N) is 2. The molecule has 0 unspecified atom stereocenters. The fourth-order valence-electron chi connectivity index (χ4n) is 4.36. The summed E-state index contributed by atoms with van der Waals surface area (Å²) in [6, 6.07) is 12.0. The van der Waals surface area contributed by atoms with Gasteiger partial charge in [0.25, 0.3) is 0 Å². The number of nitrogens with zero attached hydrogens (tertiary/aromatic N) is 1. The number of anilines is 2. The molecule has 0 saturated heterocycles. The number of esters is 2. The van der Waals surface area contributed by atoms with Gasteiger partial charge in [-0.25, -0.2) is 14.6 Å². The summed E-state index contributed by atoms with van der Waals surface area (Å²) in [7, 11) is 2.52. The topological polar surface area (TPSA) is 89.5 Å². The number of thiazole rings is 1. The minimum atomic E-state index is -4.47. The molecule has 0 saturated carbocycles. The van der Waals surface area contributed by atoms with Gasteiger partial charge in [-0.2, -0.15) is 13.2 Å². The van der Waals surface area contributed by atoms with E-state index in [9.17, 15) is 22.8 Å². The molecule has 0 bridgehead atoms. The quantitative estimate of drug-likeness (QED) is 0.360. The molecular formula is C27H24F3N3O4S. The van der Waals surface area contributed by atoms with E-state index in [1.807, 2.05) is 0 Å². The van der Waals surface area contributed by atoms with E-state index in [4.69, 9.17) is 9.47 Å². The summed E-state index contributed by atoms with van der Waals surface area (Å²) in [6.07, 6.45) is -4.47. The highest BCUT2D eigenvalue weighted by Crippen LogP contribution is 2.43. The van der Waals surface area contributed by atoms with E-state index in [1.165, 1.54) is 31.6 Å². The Morgan fingerprint density at radius 1 is 0.974 bits per heavy atom. The Bertz CT molecular complexity index is 1420. The van der Waals surface area contributed by atoms with Crippen LogP contribution in [0.2, 0.25) is 0 Å². The van der Waals surface area contributed by atoms with Gasteiger partial charge in [-0.15, -0.1) is 11.3 Å². The van der Waals surface area contributed by atoms with Crippen LogP contribution in [-0.4, -0.2) is 31.1 Å². The molecule has 0 amide bonds. The van der Waals surface area contributed by atoms with Crippen molar-refractivity contribution >= 4 is 34.1 Å². The number of rotatable bonds is 6. The average Bonchev–Trinajstić information content (AvgIpc) is 3.36. The molecule has 198 valence electrons. The van der Waals surface area contributed by atoms with Gasteiger partial charge in [-0.05, 0) is 37.6 Å². The number of carbonyl (C=O) groups is 2. The highest BCUT2D eigenvalue weighted by molar-refractivity contribution is 7.14. The number of carbonyl (C=O) groups excluding carboxylic acids is 2. The molecule has 11 heteroatoms. The third-order valence-electron chi connectivity index (χ3n) is 6.07. The second-order valence-corrected chi connectivity index (χ2v) is 9.31. The zero-order valence-electron chi connectivity index (χ0n) is 20.9. The lowest BCUT2D eigenvalue weighted by molar-refractivity contribution is -0.138. The second-order valence-electron chi connectivity index (χ2n) is 8.45. The van der Waals surface area contributed by atoms with Gasteiger partial charge in [-0.3, -0.25) is 0 Å². The van der Waals surface area contributed by atoms with Crippen molar-refractivity contribution in [2.24, 2.45) is 0 Å². The molecule has 7 nitrogen and oxygen atoms in total. The molecule has 1 aliphatic rings. The van der Waals surface area contributed by atoms with Crippen molar-refractivity contribution in [3.63, 3.8) is 0 Å². The van der Waals surface area contributed by atoms with Crippen molar-refractivity contribution in [1.29, 1.82) is 0 Å². The minimum absolute atomic E-state index is 0.247. The minimum Gasteiger partial charge on any atom is -0.466 e. The predicted molar refractivity (Wildman–Crippen MR) is 138 cm³/mol. The maximum Gasteiger partial charge on any atom is 0.416 e. The Morgan fingerprint density at radius 3 is 2.21 bits per heavy atom. The van der Waals surface area contributed by atoms with Crippen LogP contribution >= 0.6 is 11.3 Å². The summed E-state index contributed by atoms with van der Waals surface area (Å²) in [6.45, 7) is 3.43. The first-order valence-corrected chi connectivity index (χ1v) is 12.3. The van der Waals surface area contributed by atoms with E-state index in [2.05, 4.69) is 15.6 Å². The van der Waals surface area contributed by atoms with Crippen molar-refractivity contribution in [2.75, 3.05) is 19.5 Å². The number of benzene rings is 2. The highest BCUT2D eigenvalue weighted by Gasteiger charge is 2.38. The first kappa shape index (κ1) is 26.9. The Balaban J connectivity index is 1.75. The summed E-state index contributed by atoms with van der Waals surface area (Å²) in [5.41, 5.74) is 2.63. The summed E-state index contributed by atoms with van der Waals surface area (Å²) < 4.78 is 49.6. The van der Waals surface area contributed by atoms with Crippen LogP contribution in [0.1, 0.15) is 30.9 Å². The van der Waals surface area contributed by atoms with Crippen LogP contribution in [0.4, 0.5) is 24.0 Å². The van der Waals surface area contributed by atoms with Crippen molar-refractivity contribution in [1.82, 2.24) is 10.3 Å². The smallest absolute Gasteiger partial charge is 0.416 e. The molecule has 0 fully saturated rings. The molecule has 2 aromatic carbocycles. The highest BCUT2D eigenvalue weighted by atomic mass is 32.1. The van der Waals surface area contributed by atoms with Crippen LogP contribution in [0.15, 0.2) is 76.5 Å². The maximum absolute atomic E-state index is 13.2. The number of methoxy groups -OCH3 is 2. The number of ether oxygens (including phenoxy) is 2. The third kappa shape index (κ3) is 5.28. The summed E-state index contributed by atoms with van der Waals surface area (Å²) in [4.78, 5) is 30.2. The fourth-order valence-corrected chi connectivity index (χ4v) is 5.09. The van der Waals surface area contributed by atoms with Gasteiger partial charge in [0.05, 0.1) is 42.5 Å². The summed E-state index contributed by atoms with van der Waals surface area (Å²) >= 11 is 1.21. The monoisotopic (exact) mass is 543 g/mol. The number of para-hydroxylation sites is 1. The standard InChI is InChI=1S/C27H24F3N3O4S/c1-14-21(24(34)36-3)23(22(15(2)31-14)25(35)37-4)18-10-5-6-11-19(18)32-26-33-20(13-38-26)16-8-7-9-17(12-16)27(28,29)30/h5-13,23,31H,1-4H3,(H,32,33). The Kier molecular flexibility index (Phi) is 7.58. The Labute approximate surface area is 221 Å². The largest absolute Gasteiger partial charge is 0.466 e. The number of allylic oxidation sites excluding steroid dienone is 2. The van der Waals surface area contributed by atoms with Crippen molar-refractivity contribution in [3.05, 3.63) is 87.6 Å². The van der Waals surface area contributed by atoms with Crippen molar-refractivity contribution < 1.29 is 32.2 Å². The van der Waals surface area contributed by atoms with Crippen LogP contribution in [-0.2, 0) is 25.2 Å². The average molecular weight is 544 g/mol. The number of aromatic nitrogens is 1. The van der Waals surface area contributed by atoms with Crippen molar-refractivity contribution in [3.8, 4) is 11.3 Å². The third-order valence-corrected chi connectivity index (χ3v) is 6.83. The van der Waals surface area contributed by atoms with Gasteiger partial charge in [0.15, 0.2) is 5.13 Å². The van der Waals surface area contributed by atoms with Gasteiger partial charge in [0.2, 0.25) is 0 Å². The fraction of sp³-hybridized carbons (Fsp3) is 0.222. The normalized spacial score (nSPS) is 14.3. The number of hydrogen-bond acceptors (Lipinski definition) is 8. The van der Waals surface area contributed by atoms with E-state index in [-0.39, 0.29) is 11.1 Å². The lowest BCUT2D eigenvalue weighted by Gasteiger charge is -2.31. The molecule has 38 heavy (non-hydrogen) atoms. The molecule has 1 aromatic heterocycles. The van der Waals surface area contributed by atoms with Gasteiger partial charge < -0.3 is 20.1 Å². The van der Waals surface area contributed by atoms with Gasteiger partial charge in [0.1, 0.15) is 0 Å². The number of alkyl halides is 3. The number of halogens is 3. The Morgan fingerprint density at radius 2 is 1.61 bits per heavy atom. The van der Waals surface area contributed by atoms with Gasteiger partial charge in [-0.1, -0.05) is 30.3 Å². The van der Waals surface area contributed by atoms with E-state index in [1.54, 1.807) is 49.6 Å². The predicted octanol–water partition coefficient (Wildman–Crippen LogP) is 6.15. The Hall–Kier alpha value is -4.12. The molecule has 2 heterocycles. The second kappa shape index (κ2) is 10.7. The summed E-state index contributed by atoms with van der Waals surface area (Å²) in [5.74, 6) is -2.03. The molecule has 2 N–H and O–H groups in total. The molecule has 4 rings (SSSR count). The first-order chi connectivity index (χ1) is 18.0. The molecule has 0 aliphatic carbocycles. The SMILES string of the molecule is COC(=O)C1=C(C)NC(C)=C(C(=O)OC)C1c1ccccc1Nc1nc(-c2cccc(C(F)(F)F)c2)cs1. The molecular weight excluding hydrogens is 519 g/mol. The maximum atomic E-state index is 13.2. The van der Waals surface area contributed by atoms with Crippen LogP contribution in [0, 0.1) is 0 Å². The van der Waals surface area contributed by atoms with Gasteiger partial charge in [0, 0.05) is 28.0 Å². The van der Waals surface area contributed by atoms with E-state index < -0.39 is 29.6 Å². The van der Waals surface area contributed by atoms with Crippen molar-refractivity contribution in [2.45, 2.75) is 25.9 Å². The number of dihydropyridines is 1. The molecule has 0 radical (unpaired) electrons. The van der Waals surface area contributed by atoms with E-state index >= 15 is 0 Å². The zero-order valence-corrected chi connectivity index (χ0v) is 21.7. The first-order valence-electron chi connectivity index (χ1n) is 11.4. The van der Waals surface area contributed by atoms with E-state index in [0.717, 1.165) is 12.1 Å². The van der Waals surface area contributed by atoms with Crippen LogP contribution in [0.5, 0.6) is 0 Å². The molecule has 0 spiro atoms. The lowest BCUT2D eigenvalue weighted by Crippen LogP contribution is -2.32. The van der Waals surface area contributed by atoms with Crippen LogP contribution < -0.4 is 10.6 Å².